The molecule has 0 saturated carbocycles. The fourth-order valence-electron chi connectivity index (χ4n) is 2.74. The highest BCUT2D eigenvalue weighted by molar-refractivity contribution is 5.38. The summed E-state index contributed by atoms with van der Waals surface area (Å²) in [5.41, 5.74) is 7.88. The molecule has 0 bridgehead atoms. The van der Waals surface area contributed by atoms with Gasteiger partial charge in [0.2, 0.25) is 0 Å². The summed E-state index contributed by atoms with van der Waals surface area (Å²) in [6.07, 6.45) is -3.86. The summed E-state index contributed by atoms with van der Waals surface area (Å²) in [5.74, 6) is 0.777. The van der Waals surface area contributed by atoms with E-state index in [0.29, 0.717) is 25.1 Å². The van der Waals surface area contributed by atoms with Crippen molar-refractivity contribution in [2.24, 2.45) is 5.73 Å². The molecule has 1 unspecified atom stereocenters. The van der Waals surface area contributed by atoms with Crippen molar-refractivity contribution < 1.29 is 17.9 Å². The minimum absolute atomic E-state index is 0.0390. The van der Waals surface area contributed by atoms with E-state index in [4.69, 9.17) is 10.5 Å². The van der Waals surface area contributed by atoms with Gasteiger partial charge in [-0.2, -0.15) is 13.2 Å². The van der Waals surface area contributed by atoms with Crippen LogP contribution in [0.3, 0.4) is 0 Å². The van der Waals surface area contributed by atoms with E-state index < -0.39 is 11.7 Å². The van der Waals surface area contributed by atoms with Gasteiger partial charge in [0.15, 0.2) is 0 Å². The zero-order valence-electron chi connectivity index (χ0n) is 13.9. The second-order valence-corrected chi connectivity index (χ2v) is 5.79. The van der Waals surface area contributed by atoms with Gasteiger partial charge >= 0.3 is 6.18 Å². The van der Waals surface area contributed by atoms with Crippen molar-refractivity contribution in [3.05, 3.63) is 64.7 Å². The van der Waals surface area contributed by atoms with Gasteiger partial charge in [0.05, 0.1) is 12.2 Å². The normalized spacial score (nSPS) is 12.9. The molecule has 0 heterocycles. The lowest BCUT2D eigenvalue weighted by Crippen LogP contribution is -2.16. The number of hydrogen-bond donors (Lipinski definition) is 1. The molecule has 0 aliphatic heterocycles. The first-order valence-corrected chi connectivity index (χ1v) is 7.94. The fraction of sp³-hybridized carbons (Fsp3) is 0.368. The van der Waals surface area contributed by atoms with E-state index in [0.717, 1.165) is 22.9 Å². The smallest absolute Gasteiger partial charge is 0.416 e. The number of alkyl halides is 3. The lowest BCUT2D eigenvalue weighted by atomic mass is 9.90. The van der Waals surface area contributed by atoms with Crippen LogP contribution in [0.4, 0.5) is 13.2 Å². The molecule has 0 spiro atoms. The van der Waals surface area contributed by atoms with Crippen molar-refractivity contribution in [2.75, 3.05) is 13.2 Å². The number of benzene rings is 2. The Bertz CT molecular complexity index is 683. The van der Waals surface area contributed by atoms with Crippen molar-refractivity contribution in [3.8, 4) is 5.75 Å². The van der Waals surface area contributed by atoms with Crippen LogP contribution in [-0.4, -0.2) is 13.2 Å². The van der Waals surface area contributed by atoms with Crippen LogP contribution in [0.15, 0.2) is 42.5 Å². The van der Waals surface area contributed by atoms with Crippen LogP contribution >= 0.6 is 0 Å². The number of rotatable bonds is 6. The van der Waals surface area contributed by atoms with Crippen LogP contribution in [0.2, 0.25) is 0 Å². The molecule has 24 heavy (non-hydrogen) atoms. The predicted molar refractivity (Wildman–Crippen MR) is 89.3 cm³/mol. The maximum Gasteiger partial charge on any atom is 0.416 e. The van der Waals surface area contributed by atoms with Gasteiger partial charge in [0.1, 0.15) is 5.75 Å². The highest BCUT2D eigenvalue weighted by Gasteiger charge is 2.30. The molecule has 1 atom stereocenters. The number of hydrogen-bond acceptors (Lipinski definition) is 2. The first-order chi connectivity index (χ1) is 11.3. The van der Waals surface area contributed by atoms with E-state index in [1.165, 1.54) is 12.1 Å². The Hall–Kier alpha value is -2.01. The van der Waals surface area contributed by atoms with Gasteiger partial charge in [-0.1, -0.05) is 30.3 Å². The Morgan fingerprint density at radius 3 is 2.46 bits per heavy atom. The number of aryl methyl sites for hydroxylation is 1. The van der Waals surface area contributed by atoms with E-state index in [2.05, 4.69) is 0 Å². The van der Waals surface area contributed by atoms with Crippen LogP contribution in [0.1, 0.15) is 35.1 Å². The zero-order valence-corrected chi connectivity index (χ0v) is 13.9. The highest BCUT2D eigenvalue weighted by atomic mass is 19.4. The average Bonchev–Trinajstić information content (AvgIpc) is 2.54. The molecule has 0 saturated heterocycles. The van der Waals surface area contributed by atoms with Crippen molar-refractivity contribution in [1.82, 2.24) is 0 Å². The van der Waals surface area contributed by atoms with Gasteiger partial charge in [-0.25, -0.2) is 0 Å². The fourth-order valence-corrected chi connectivity index (χ4v) is 2.74. The van der Waals surface area contributed by atoms with E-state index in [-0.39, 0.29) is 5.92 Å². The van der Waals surface area contributed by atoms with E-state index in [1.54, 1.807) is 6.07 Å². The van der Waals surface area contributed by atoms with Crippen LogP contribution in [0.5, 0.6) is 5.75 Å². The third-order valence-corrected chi connectivity index (χ3v) is 3.99. The lowest BCUT2D eigenvalue weighted by molar-refractivity contribution is -0.137. The van der Waals surface area contributed by atoms with Gasteiger partial charge in [0, 0.05) is 5.92 Å². The molecule has 0 fully saturated rings. The van der Waals surface area contributed by atoms with Gasteiger partial charge < -0.3 is 10.5 Å². The van der Waals surface area contributed by atoms with Gasteiger partial charge in [0.25, 0.3) is 0 Å². The minimum atomic E-state index is -4.33. The maximum absolute atomic E-state index is 12.8. The summed E-state index contributed by atoms with van der Waals surface area (Å²) in [6.45, 7) is 4.82. The molecule has 2 nitrogen and oxygen atoms in total. The Balaban J connectivity index is 2.22. The molecule has 0 radical (unpaired) electrons. The van der Waals surface area contributed by atoms with Crippen molar-refractivity contribution in [3.63, 3.8) is 0 Å². The molecule has 2 rings (SSSR count). The van der Waals surface area contributed by atoms with Crippen LogP contribution in [-0.2, 0) is 12.6 Å². The number of ether oxygens (including phenoxy) is 1. The third-order valence-electron chi connectivity index (χ3n) is 3.99. The van der Waals surface area contributed by atoms with E-state index in [1.807, 2.05) is 32.0 Å². The van der Waals surface area contributed by atoms with Crippen molar-refractivity contribution >= 4 is 0 Å². The first-order valence-electron chi connectivity index (χ1n) is 7.94. The lowest BCUT2D eigenvalue weighted by Gasteiger charge is -2.18. The Labute approximate surface area is 140 Å². The monoisotopic (exact) mass is 337 g/mol. The van der Waals surface area contributed by atoms with Gasteiger partial charge in [-0.15, -0.1) is 0 Å². The SMILES string of the molecule is CCOc1ccc(C(CN)Cc2cccc(C(F)(F)F)c2)cc1C. The molecule has 130 valence electrons. The molecule has 2 aromatic carbocycles. The summed E-state index contributed by atoms with van der Waals surface area (Å²) in [4.78, 5) is 0. The molecule has 2 aromatic rings. The molecular weight excluding hydrogens is 315 g/mol. The summed E-state index contributed by atoms with van der Waals surface area (Å²) in [5, 5.41) is 0. The molecular formula is C19H22F3NO. The van der Waals surface area contributed by atoms with Crippen molar-refractivity contribution in [2.45, 2.75) is 32.4 Å². The van der Waals surface area contributed by atoms with E-state index in [9.17, 15) is 13.2 Å². The van der Waals surface area contributed by atoms with Crippen LogP contribution in [0.25, 0.3) is 0 Å². The molecule has 0 aliphatic carbocycles. The minimum Gasteiger partial charge on any atom is -0.494 e. The van der Waals surface area contributed by atoms with E-state index >= 15 is 0 Å². The second-order valence-electron chi connectivity index (χ2n) is 5.79. The topological polar surface area (TPSA) is 35.2 Å². The average molecular weight is 337 g/mol. The first kappa shape index (κ1) is 18.3. The largest absolute Gasteiger partial charge is 0.494 e. The standard InChI is InChI=1S/C19H22F3NO/c1-3-24-18-8-7-15(9-13(18)2)16(12-23)10-14-5-4-6-17(11-14)19(20,21)22/h4-9,11,16H,3,10,12,23H2,1-2H3. The zero-order chi connectivity index (χ0) is 17.7. The molecule has 0 amide bonds. The van der Waals surface area contributed by atoms with Crippen molar-refractivity contribution in [1.29, 1.82) is 0 Å². The summed E-state index contributed by atoms with van der Waals surface area (Å²) in [6, 6.07) is 11.3. The van der Waals surface area contributed by atoms with Crippen LogP contribution < -0.4 is 10.5 Å². The quantitative estimate of drug-likeness (QED) is 0.829. The van der Waals surface area contributed by atoms with Crippen LogP contribution in [0, 0.1) is 6.92 Å². The predicted octanol–water partition coefficient (Wildman–Crippen LogP) is 4.70. The van der Waals surface area contributed by atoms with Gasteiger partial charge in [-0.3, -0.25) is 0 Å². The Morgan fingerprint density at radius 2 is 1.88 bits per heavy atom. The summed E-state index contributed by atoms with van der Waals surface area (Å²) < 4.78 is 44.0. The Morgan fingerprint density at radius 1 is 1.12 bits per heavy atom. The summed E-state index contributed by atoms with van der Waals surface area (Å²) >= 11 is 0. The highest BCUT2D eigenvalue weighted by Crippen LogP contribution is 2.31. The molecule has 2 N–H and O–H groups in total. The summed E-state index contributed by atoms with van der Waals surface area (Å²) in [7, 11) is 0. The molecule has 0 aliphatic rings. The second kappa shape index (κ2) is 7.71. The number of halogens is 3. The Kier molecular flexibility index (Phi) is 5.89. The molecule has 5 heteroatoms. The molecule has 0 aromatic heterocycles. The maximum atomic E-state index is 12.8. The third kappa shape index (κ3) is 4.51. The number of nitrogens with two attached hydrogens (primary N) is 1. The van der Waals surface area contributed by atoms with Gasteiger partial charge in [-0.05, 0) is 55.6 Å².